The van der Waals surface area contributed by atoms with Crippen molar-refractivity contribution in [1.29, 1.82) is 0 Å². The summed E-state index contributed by atoms with van der Waals surface area (Å²) in [5, 5.41) is 12.3. The molecule has 1 unspecified atom stereocenters. The van der Waals surface area contributed by atoms with Crippen LogP contribution in [0.5, 0.6) is 5.75 Å². The summed E-state index contributed by atoms with van der Waals surface area (Å²) in [6, 6.07) is 7.01. The van der Waals surface area contributed by atoms with E-state index in [1.165, 1.54) is 0 Å². The Morgan fingerprint density at radius 2 is 2.00 bits per heavy atom. The second-order valence-electron chi connectivity index (χ2n) is 4.04. The molecule has 0 radical (unpaired) electrons. The van der Waals surface area contributed by atoms with E-state index in [9.17, 15) is 4.79 Å². The topological polar surface area (TPSA) is 49.3 Å². The molecule has 0 heterocycles. The molecule has 1 rings (SSSR count). The minimum atomic E-state index is 0.221. The van der Waals surface area contributed by atoms with Gasteiger partial charge >= 0.3 is 0 Å². The van der Waals surface area contributed by atoms with E-state index >= 15 is 0 Å². The van der Waals surface area contributed by atoms with Gasteiger partial charge in [0.2, 0.25) is 0 Å². The molecule has 0 saturated heterocycles. The molecule has 88 valence electrons. The Morgan fingerprint density at radius 1 is 1.38 bits per heavy atom. The quantitative estimate of drug-likeness (QED) is 0.771. The molecular weight excluding hydrogens is 202 g/mol. The molecule has 0 aliphatic carbocycles. The fraction of sp³-hybridized carbons (Fsp3) is 0.462. The van der Waals surface area contributed by atoms with Gasteiger partial charge in [0.1, 0.15) is 11.5 Å². The largest absolute Gasteiger partial charge is 0.508 e. The molecule has 0 bridgehead atoms. The number of carbonyl (C=O) groups excluding carboxylic acids is 1. The number of nitrogens with one attached hydrogen (secondary N) is 1. The Bertz CT molecular complexity index is 332. The molecule has 0 fully saturated rings. The molecule has 1 aromatic rings. The highest BCUT2D eigenvalue weighted by Crippen LogP contribution is 2.11. The van der Waals surface area contributed by atoms with E-state index in [2.05, 4.69) is 5.32 Å². The first-order valence-corrected chi connectivity index (χ1v) is 5.64. The number of phenols is 1. The van der Waals surface area contributed by atoms with Crippen LogP contribution in [0, 0.1) is 0 Å². The van der Waals surface area contributed by atoms with Crippen molar-refractivity contribution >= 4 is 5.78 Å². The second-order valence-corrected chi connectivity index (χ2v) is 4.04. The first kappa shape index (κ1) is 12.7. The smallest absolute Gasteiger partial charge is 0.138 e. The van der Waals surface area contributed by atoms with Gasteiger partial charge in [0.25, 0.3) is 0 Å². The predicted molar refractivity (Wildman–Crippen MR) is 64.6 cm³/mol. The fourth-order valence-electron chi connectivity index (χ4n) is 1.68. The van der Waals surface area contributed by atoms with Crippen molar-refractivity contribution in [3.63, 3.8) is 0 Å². The standard InChI is InChI=1S/C13H19NO2/c1-3-14-10(2)8-13(16)9-11-4-6-12(15)7-5-11/h4-7,10,14-15H,3,8-9H2,1-2H3. The highest BCUT2D eigenvalue weighted by molar-refractivity contribution is 5.81. The lowest BCUT2D eigenvalue weighted by atomic mass is 10.0. The number of aromatic hydroxyl groups is 1. The summed E-state index contributed by atoms with van der Waals surface area (Å²) in [5.74, 6) is 0.455. The van der Waals surface area contributed by atoms with Crippen LogP contribution in [0.2, 0.25) is 0 Å². The molecular formula is C13H19NO2. The van der Waals surface area contributed by atoms with E-state index < -0.39 is 0 Å². The van der Waals surface area contributed by atoms with Crippen LogP contribution in [0.15, 0.2) is 24.3 Å². The van der Waals surface area contributed by atoms with Crippen molar-refractivity contribution in [2.24, 2.45) is 0 Å². The van der Waals surface area contributed by atoms with Crippen LogP contribution in [0.1, 0.15) is 25.8 Å². The molecule has 3 heteroatoms. The molecule has 0 amide bonds. The molecule has 0 spiro atoms. The number of phenolic OH excluding ortho intramolecular Hbond substituents is 1. The zero-order chi connectivity index (χ0) is 12.0. The van der Waals surface area contributed by atoms with E-state index in [1.807, 2.05) is 13.8 Å². The third-order valence-corrected chi connectivity index (χ3v) is 2.42. The Hall–Kier alpha value is -1.35. The normalized spacial score (nSPS) is 12.4. The molecule has 16 heavy (non-hydrogen) atoms. The van der Waals surface area contributed by atoms with Gasteiger partial charge in [-0.15, -0.1) is 0 Å². The third kappa shape index (κ3) is 4.45. The molecule has 2 N–H and O–H groups in total. The van der Waals surface area contributed by atoms with Gasteiger partial charge in [-0.2, -0.15) is 0 Å². The Balaban J connectivity index is 2.42. The van der Waals surface area contributed by atoms with Gasteiger partial charge in [-0.25, -0.2) is 0 Å². The number of carbonyl (C=O) groups is 1. The molecule has 1 aromatic carbocycles. The van der Waals surface area contributed by atoms with Crippen LogP contribution in [-0.4, -0.2) is 23.5 Å². The second kappa shape index (κ2) is 6.28. The lowest BCUT2D eigenvalue weighted by molar-refractivity contribution is -0.118. The summed E-state index contributed by atoms with van der Waals surface area (Å²) >= 11 is 0. The predicted octanol–water partition coefficient (Wildman–Crippen LogP) is 1.89. The van der Waals surface area contributed by atoms with E-state index in [0.29, 0.717) is 12.8 Å². The van der Waals surface area contributed by atoms with E-state index in [1.54, 1.807) is 24.3 Å². The van der Waals surface area contributed by atoms with E-state index in [0.717, 1.165) is 12.1 Å². The molecule has 1 atom stereocenters. The van der Waals surface area contributed by atoms with Gasteiger partial charge in [0.05, 0.1) is 0 Å². The van der Waals surface area contributed by atoms with Crippen molar-refractivity contribution in [1.82, 2.24) is 5.32 Å². The molecule has 0 saturated carbocycles. The van der Waals surface area contributed by atoms with Crippen molar-refractivity contribution in [3.8, 4) is 5.75 Å². The van der Waals surface area contributed by atoms with Crippen LogP contribution in [0.3, 0.4) is 0 Å². The van der Waals surface area contributed by atoms with Crippen molar-refractivity contribution in [2.75, 3.05) is 6.54 Å². The zero-order valence-corrected chi connectivity index (χ0v) is 9.86. The van der Waals surface area contributed by atoms with Gasteiger partial charge in [-0.05, 0) is 31.2 Å². The SMILES string of the molecule is CCNC(C)CC(=O)Cc1ccc(O)cc1. The lowest BCUT2D eigenvalue weighted by Crippen LogP contribution is -2.28. The van der Waals surface area contributed by atoms with Crippen LogP contribution in [-0.2, 0) is 11.2 Å². The minimum absolute atomic E-state index is 0.221. The highest BCUT2D eigenvalue weighted by atomic mass is 16.3. The maximum absolute atomic E-state index is 11.7. The average molecular weight is 221 g/mol. The number of hydrogen-bond donors (Lipinski definition) is 2. The van der Waals surface area contributed by atoms with E-state index in [-0.39, 0.29) is 17.6 Å². The first-order valence-electron chi connectivity index (χ1n) is 5.64. The number of benzene rings is 1. The number of hydrogen-bond acceptors (Lipinski definition) is 3. The molecule has 0 aliphatic heterocycles. The Morgan fingerprint density at radius 3 is 2.56 bits per heavy atom. The van der Waals surface area contributed by atoms with Crippen LogP contribution in [0.25, 0.3) is 0 Å². The van der Waals surface area contributed by atoms with Crippen molar-refractivity contribution in [2.45, 2.75) is 32.7 Å². The van der Waals surface area contributed by atoms with E-state index in [4.69, 9.17) is 5.11 Å². The summed E-state index contributed by atoms with van der Waals surface area (Å²) in [7, 11) is 0. The maximum atomic E-state index is 11.7. The summed E-state index contributed by atoms with van der Waals surface area (Å²) < 4.78 is 0. The highest BCUT2D eigenvalue weighted by Gasteiger charge is 2.08. The van der Waals surface area contributed by atoms with Gasteiger partial charge in [-0.1, -0.05) is 19.1 Å². The Labute approximate surface area is 96.5 Å². The summed E-state index contributed by atoms with van der Waals surface area (Å²) in [6.45, 7) is 4.92. The fourth-order valence-corrected chi connectivity index (χ4v) is 1.68. The van der Waals surface area contributed by atoms with Gasteiger partial charge in [0.15, 0.2) is 0 Å². The summed E-state index contributed by atoms with van der Waals surface area (Å²) in [5.41, 5.74) is 0.950. The number of ketones is 1. The molecule has 0 aliphatic rings. The maximum Gasteiger partial charge on any atom is 0.138 e. The van der Waals surface area contributed by atoms with Crippen LogP contribution in [0.4, 0.5) is 0 Å². The van der Waals surface area contributed by atoms with Crippen LogP contribution < -0.4 is 5.32 Å². The number of Topliss-reactive ketones (excluding diaryl/α,β-unsaturated/α-hetero) is 1. The summed E-state index contributed by atoms with van der Waals surface area (Å²) in [4.78, 5) is 11.7. The lowest BCUT2D eigenvalue weighted by Gasteiger charge is -2.10. The van der Waals surface area contributed by atoms with Gasteiger partial charge in [-0.3, -0.25) is 4.79 Å². The summed E-state index contributed by atoms with van der Waals surface area (Å²) in [6.07, 6.45) is 0.991. The Kier molecular flexibility index (Phi) is 4.99. The van der Waals surface area contributed by atoms with Gasteiger partial charge in [0, 0.05) is 18.9 Å². The van der Waals surface area contributed by atoms with Crippen molar-refractivity contribution < 1.29 is 9.90 Å². The monoisotopic (exact) mass is 221 g/mol. The minimum Gasteiger partial charge on any atom is -0.508 e. The molecule has 0 aromatic heterocycles. The first-order chi connectivity index (χ1) is 7.61. The number of rotatable bonds is 6. The van der Waals surface area contributed by atoms with Crippen molar-refractivity contribution in [3.05, 3.63) is 29.8 Å². The average Bonchev–Trinajstić information content (AvgIpc) is 2.21. The zero-order valence-electron chi connectivity index (χ0n) is 9.86. The van der Waals surface area contributed by atoms with Crippen LogP contribution >= 0.6 is 0 Å². The van der Waals surface area contributed by atoms with Gasteiger partial charge < -0.3 is 10.4 Å². The molecule has 3 nitrogen and oxygen atoms in total. The third-order valence-electron chi connectivity index (χ3n) is 2.42.